The number of benzene rings is 2. The quantitative estimate of drug-likeness (QED) is 0.918. The van der Waals surface area contributed by atoms with Gasteiger partial charge in [-0.25, -0.2) is 0 Å². The van der Waals surface area contributed by atoms with Gasteiger partial charge in [-0.05, 0) is 29.8 Å². The predicted octanol–water partition coefficient (Wildman–Crippen LogP) is 2.88. The molecule has 106 valence electrons. The highest BCUT2D eigenvalue weighted by atomic mass is 16.5. The van der Waals surface area contributed by atoms with Gasteiger partial charge < -0.3 is 15.0 Å². The second-order valence-corrected chi connectivity index (χ2v) is 5.26. The number of nitrogens with zero attached hydrogens (tertiary/aromatic N) is 2. The molecule has 0 spiro atoms. The summed E-state index contributed by atoms with van der Waals surface area (Å²) < 4.78 is 5.24. The molecule has 0 saturated carbocycles. The fraction of sp³-hybridized carbons (Fsp3) is 0.235. The smallest absolute Gasteiger partial charge is 0.135 e. The van der Waals surface area contributed by atoms with E-state index in [9.17, 15) is 0 Å². The van der Waals surface area contributed by atoms with Crippen LogP contribution >= 0.6 is 0 Å². The summed E-state index contributed by atoms with van der Waals surface area (Å²) in [7, 11) is 1.69. The zero-order chi connectivity index (χ0) is 14.2. The van der Waals surface area contributed by atoms with Gasteiger partial charge >= 0.3 is 0 Å². The van der Waals surface area contributed by atoms with Crippen LogP contribution in [0.1, 0.15) is 17.3 Å². The molecule has 4 nitrogen and oxygen atoms in total. The van der Waals surface area contributed by atoms with Gasteiger partial charge in [0.05, 0.1) is 13.7 Å². The van der Waals surface area contributed by atoms with Crippen molar-refractivity contribution in [3.63, 3.8) is 0 Å². The second-order valence-electron chi connectivity index (χ2n) is 5.26. The van der Waals surface area contributed by atoms with Gasteiger partial charge in [0.15, 0.2) is 0 Å². The Bertz CT molecular complexity index is 693. The topological polar surface area (TPSA) is 36.9 Å². The minimum atomic E-state index is 0.132. The van der Waals surface area contributed by atoms with Crippen LogP contribution < -0.4 is 10.1 Å². The lowest BCUT2D eigenvalue weighted by Crippen LogP contribution is -2.41. The van der Waals surface area contributed by atoms with Crippen molar-refractivity contribution >= 4 is 11.5 Å². The van der Waals surface area contributed by atoms with Crippen LogP contribution in [0.4, 0.5) is 5.69 Å². The maximum absolute atomic E-state index is 5.24. The molecule has 2 aromatic carbocycles. The van der Waals surface area contributed by atoms with Crippen LogP contribution in [0.3, 0.4) is 0 Å². The number of para-hydroxylation sites is 1. The van der Waals surface area contributed by atoms with Crippen LogP contribution in [0.25, 0.3) is 0 Å². The van der Waals surface area contributed by atoms with E-state index in [0.717, 1.165) is 30.4 Å². The first-order valence-corrected chi connectivity index (χ1v) is 7.18. The Morgan fingerprint density at radius 2 is 1.95 bits per heavy atom. The molecule has 2 heterocycles. The molecule has 4 heteroatoms. The standard InChI is InChI=1S/C17H17N3O/c1-21-13-8-6-12(7-9-13)16-19-15-5-3-2-4-14(15)17-18-10-11-20(16)17/h2-9,16,19H,10-11H2,1H3. The van der Waals surface area contributed by atoms with Gasteiger partial charge in [-0.1, -0.05) is 24.3 Å². The Kier molecular flexibility index (Phi) is 2.81. The molecular formula is C17H17N3O. The highest BCUT2D eigenvalue weighted by molar-refractivity contribution is 6.06. The summed E-state index contributed by atoms with van der Waals surface area (Å²) in [6.07, 6.45) is 0.132. The van der Waals surface area contributed by atoms with Gasteiger partial charge in [0.1, 0.15) is 17.8 Å². The summed E-state index contributed by atoms with van der Waals surface area (Å²) in [6.45, 7) is 1.81. The molecule has 0 bridgehead atoms. The van der Waals surface area contributed by atoms with Crippen molar-refractivity contribution in [3.8, 4) is 5.75 Å². The maximum Gasteiger partial charge on any atom is 0.135 e. The first kappa shape index (κ1) is 12.3. The molecular weight excluding hydrogens is 262 g/mol. The van der Waals surface area contributed by atoms with Crippen LogP contribution in [0.2, 0.25) is 0 Å². The van der Waals surface area contributed by atoms with Crippen molar-refractivity contribution in [1.82, 2.24) is 4.90 Å². The number of hydrogen-bond acceptors (Lipinski definition) is 4. The number of methoxy groups -OCH3 is 1. The molecule has 2 aromatic rings. The summed E-state index contributed by atoms with van der Waals surface area (Å²) in [6, 6.07) is 16.6. The van der Waals surface area contributed by atoms with Gasteiger partial charge in [0.25, 0.3) is 0 Å². The molecule has 0 fully saturated rings. The molecule has 0 radical (unpaired) electrons. The normalized spacial score (nSPS) is 19.4. The van der Waals surface area contributed by atoms with E-state index in [-0.39, 0.29) is 6.17 Å². The fourth-order valence-corrected chi connectivity index (χ4v) is 3.03. The number of fused-ring (bicyclic) bond motifs is 3. The molecule has 21 heavy (non-hydrogen) atoms. The molecule has 2 aliphatic rings. The van der Waals surface area contributed by atoms with Gasteiger partial charge in [0, 0.05) is 17.8 Å². The maximum atomic E-state index is 5.24. The van der Waals surface area contributed by atoms with E-state index in [1.165, 1.54) is 11.1 Å². The number of rotatable bonds is 2. The summed E-state index contributed by atoms with van der Waals surface area (Å²) in [4.78, 5) is 7.02. The molecule has 1 N–H and O–H groups in total. The Balaban J connectivity index is 1.75. The molecule has 0 aliphatic carbocycles. The van der Waals surface area contributed by atoms with E-state index in [4.69, 9.17) is 4.74 Å². The minimum absolute atomic E-state index is 0.132. The van der Waals surface area contributed by atoms with Gasteiger partial charge in [0.2, 0.25) is 0 Å². The van der Waals surface area contributed by atoms with Crippen LogP contribution in [0.15, 0.2) is 53.5 Å². The van der Waals surface area contributed by atoms with Gasteiger partial charge in [-0.2, -0.15) is 0 Å². The van der Waals surface area contributed by atoms with E-state index < -0.39 is 0 Å². The van der Waals surface area contributed by atoms with Crippen LogP contribution in [-0.4, -0.2) is 30.9 Å². The predicted molar refractivity (Wildman–Crippen MR) is 83.9 cm³/mol. The third kappa shape index (κ3) is 1.95. The van der Waals surface area contributed by atoms with Crippen molar-refractivity contribution in [1.29, 1.82) is 0 Å². The van der Waals surface area contributed by atoms with E-state index in [1.54, 1.807) is 7.11 Å². The van der Waals surface area contributed by atoms with Crippen molar-refractivity contribution in [2.75, 3.05) is 25.5 Å². The lowest BCUT2D eigenvalue weighted by atomic mass is 10.0. The second kappa shape index (κ2) is 4.81. The van der Waals surface area contributed by atoms with E-state index in [0.29, 0.717) is 0 Å². The lowest BCUT2D eigenvalue weighted by molar-refractivity contribution is 0.369. The largest absolute Gasteiger partial charge is 0.497 e. The van der Waals surface area contributed by atoms with Crippen molar-refractivity contribution < 1.29 is 4.74 Å². The molecule has 2 aliphatic heterocycles. The van der Waals surface area contributed by atoms with Gasteiger partial charge in [-0.15, -0.1) is 0 Å². The minimum Gasteiger partial charge on any atom is -0.497 e. The zero-order valence-electron chi connectivity index (χ0n) is 11.9. The van der Waals surface area contributed by atoms with Gasteiger partial charge in [-0.3, -0.25) is 4.99 Å². The summed E-state index contributed by atoms with van der Waals surface area (Å²) in [5, 5.41) is 3.63. The Morgan fingerprint density at radius 3 is 2.76 bits per heavy atom. The SMILES string of the molecule is COc1ccc(C2Nc3ccccc3C3=NCCN32)cc1. The average molecular weight is 279 g/mol. The van der Waals surface area contributed by atoms with E-state index in [1.807, 2.05) is 12.1 Å². The highest BCUT2D eigenvalue weighted by Gasteiger charge is 2.33. The highest BCUT2D eigenvalue weighted by Crippen LogP contribution is 2.35. The van der Waals surface area contributed by atoms with Crippen LogP contribution in [-0.2, 0) is 0 Å². The number of hydrogen-bond donors (Lipinski definition) is 1. The van der Waals surface area contributed by atoms with Crippen LogP contribution in [0.5, 0.6) is 5.75 Å². The molecule has 0 amide bonds. The zero-order valence-corrected chi connectivity index (χ0v) is 11.9. The number of aliphatic imine (C=N–C) groups is 1. The van der Waals surface area contributed by atoms with Crippen molar-refractivity contribution in [2.24, 2.45) is 4.99 Å². The average Bonchev–Trinajstić information content (AvgIpc) is 3.04. The molecule has 4 rings (SSSR count). The summed E-state index contributed by atoms with van der Waals surface area (Å²) in [5.74, 6) is 1.98. The van der Waals surface area contributed by atoms with E-state index >= 15 is 0 Å². The molecule has 1 unspecified atom stereocenters. The third-order valence-electron chi connectivity index (χ3n) is 4.08. The molecule has 1 atom stereocenters. The number of anilines is 1. The molecule has 0 aromatic heterocycles. The van der Waals surface area contributed by atoms with E-state index in [2.05, 4.69) is 51.6 Å². The summed E-state index contributed by atoms with van der Waals surface area (Å²) in [5.41, 5.74) is 3.56. The van der Waals surface area contributed by atoms with Crippen molar-refractivity contribution in [3.05, 3.63) is 59.7 Å². The number of amidine groups is 1. The van der Waals surface area contributed by atoms with Crippen molar-refractivity contribution in [2.45, 2.75) is 6.17 Å². The van der Waals surface area contributed by atoms with Crippen LogP contribution in [0, 0.1) is 0 Å². The first-order chi connectivity index (χ1) is 10.4. The number of nitrogens with one attached hydrogen (secondary N) is 1. The Hall–Kier alpha value is -2.49. The summed E-state index contributed by atoms with van der Waals surface area (Å²) >= 11 is 0. The Labute approximate surface area is 124 Å². The fourth-order valence-electron chi connectivity index (χ4n) is 3.03. The monoisotopic (exact) mass is 279 g/mol. The lowest BCUT2D eigenvalue weighted by Gasteiger charge is -2.37. The molecule has 0 saturated heterocycles. The third-order valence-corrected chi connectivity index (χ3v) is 4.08. The number of ether oxygens (including phenoxy) is 1. The Morgan fingerprint density at radius 1 is 1.14 bits per heavy atom. The first-order valence-electron chi connectivity index (χ1n) is 7.18.